The molecular weight excluding hydrogens is 294 g/mol. The van der Waals surface area contributed by atoms with Gasteiger partial charge >= 0.3 is 6.09 Å². The van der Waals surface area contributed by atoms with E-state index in [1.165, 1.54) is 0 Å². The first-order valence-electron chi connectivity index (χ1n) is 6.78. The Morgan fingerprint density at radius 2 is 2.10 bits per heavy atom. The van der Waals surface area contributed by atoms with E-state index in [2.05, 4.69) is 0 Å². The van der Waals surface area contributed by atoms with Crippen LogP contribution in [0.1, 0.15) is 26.3 Å². The molecular formula is C15H20ClNO4. The zero-order valence-corrected chi connectivity index (χ0v) is 13.5. The minimum atomic E-state index is -0.523. The minimum Gasteiger partial charge on any atom is -0.495 e. The average molecular weight is 314 g/mol. The number of hydrogen-bond donors (Lipinski definition) is 0. The number of carbonyl (C=O) groups excluding carboxylic acids is 1. The fraction of sp³-hybridized carbons (Fsp3) is 0.533. The van der Waals surface area contributed by atoms with Crippen LogP contribution in [-0.2, 0) is 11.3 Å². The molecule has 0 aliphatic carbocycles. The van der Waals surface area contributed by atoms with Crippen LogP contribution in [-0.4, -0.2) is 36.9 Å². The van der Waals surface area contributed by atoms with Crippen molar-refractivity contribution in [2.24, 2.45) is 0 Å². The molecule has 21 heavy (non-hydrogen) atoms. The molecule has 116 valence electrons. The van der Waals surface area contributed by atoms with Crippen LogP contribution in [0.3, 0.4) is 0 Å². The standard InChI is InChI=1S/C15H20ClNO4/c1-15(2,3)21-14(18)17-7-8-20-13-10(9-17)5-6-11(19-4)12(13)16/h5-6H,7-9H2,1-4H3. The zero-order chi connectivity index (χ0) is 15.6. The number of amides is 1. The molecule has 0 saturated heterocycles. The minimum absolute atomic E-state index is 0.356. The molecule has 0 atom stereocenters. The van der Waals surface area contributed by atoms with Gasteiger partial charge in [0.15, 0.2) is 0 Å². The molecule has 0 radical (unpaired) electrons. The Morgan fingerprint density at radius 3 is 2.71 bits per heavy atom. The first-order chi connectivity index (χ1) is 9.81. The summed E-state index contributed by atoms with van der Waals surface area (Å²) in [5, 5.41) is 0.432. The van der Waals surface area contributed by atoms with Crippen molar-refractivity contribution in [2.75, 3.05) is 20.3 Å². The van der Waals surface area contributed by atoms with Crippen LogP contribution in [0, 0.1) is 0 Å². The van der Waals surface area contributed by atoms with Crippen LogP contribution in [0.5, 0.6) is 11.5 Å². The van der Waals surface area contributed by atoms with Gasteiger partial charge in [0, 0.05) is 5.56 Å². The van der Waals surface area contributed by atoms with E-state index in [1.807, 2.05) is 26.8 Å². The van der Waals surface area contributed by atoms with Gasteiger partial charge < -0.3 is 19.1 Å². The van der Waals surface area contributed by atoms with Crippen molar-refractivity contribution in [1.82, 2.24) is 4.90 Å². The number of nitrogens with zero attached hydrogens (tertiary/aromatic N) is 1. The second kappa shape index (κ2) is 6.02. The van der Waals surface area contributed by atoms with Crippen molar-refractivity contribution in [3.05, 3.63) is 22.7 Å². The number of ether oxygens (including phenoxy) is 3. The summed E-state index contributed by atoms with van der Waals surface area (Å²) < 4.78 is 16.2. The van der Waals surface area contributed by atoms with E-state index in [4.69, 9.17) is 25.8 Å². The predicted octanol–water partition coefficient (Wildman–Crippen LogP) is 3.48. The number of fused-ring (bicyclic) bond motifs is 1. The number of benzene rings is 1. The van der Waals surface area contributed by atoms with Crippen molar-refractivity contribution < 1.29 is 19.0 Å². The molecule has 0 saturated carbocycles. The molecule has 1 aliphatic rings. The van der Waals surface area contributed by atoms with Crippen LogP contribution in [0.4, 0.5) is 4.79 Å². The van der Waals surface area contributed by atoms with Gasteiger partial charge in [0.25, 0.3) is 0 Å². The van der Waals surface area contributed by atoms with Crippen molar-refractivity contribution >= 4 is 17.7 Å². The number of hydrogen-bond acceptors (Lipinski definition) is 4. The van der Waals surface area contributed by atoms with E-state index in [0.29, 0.717) is 36.2 Å². The average Bonchev–Trinajstić information content (AvgIpc) is 2.60. The van der Waals surface area contributed by atoms with Gasteiger partial charge in [-0.1, -0.05) is 11.6 Å². The monoisotopic (exact) mass is 313 g/mol. The highest BCUT2D eigenvalue weighted by molar-refractivity contribution is 6.33. The largest absolute Gasteiger partial charge is 0.495 e. The fourth-order valence-electron chi connectivity index (χ4n) is 2.04. The molecule has 1 aliphatic heterocycles. The van der Waals surface area contributed by atoms with Gasteiger partial charge in [-0.05, 0) is 32.9 Å². The maximum absolute atomic E-state index is 12.2. The molecule has 1 amide bonds. The normalized spacial score (nSPS) is 14.8. The van der Waals surface area contributed by atoms with E-state index < -0.39 is 5.60 Å². The van der Waals surface area contributed by atoms with Gasteiger partial charge in [-0.15, -0.1) is 0 Å². The lowest BCUT2D eigenvalue weighted by Gasteiger charge is -2.26. The summed E-state index contributed by atoms with van der Waals surface area (Å²) in [4.78, 5) is 13.8. The second-order valence-electron chi connectivity index (χ2n) is 5.82. The van der Waals surface area contributed by atoms with Gasteiger partial charge in [-0.3, -0.25) is 0 Å². The van der Waals surface area contributed by atoms with E-state index in [0.717, 1.165) is 5.56 Å². The summed E-state index contributed by atoms with van der Waals surface area (Å²) in [7, 11) is 1.55. The Morgan fingerprint density at radius 1 is 1.38 bits per heavy atom. The summed E-state index contributed by atoms with van der Waals surface area (Å²) in [6.45, 7) is 6.73. The van der Waals surface area contributed by atoms with Crippen molar-refractivity contribution in [3.8, 4) is 11.5 Å². The van der Waals surface area contributed by atoms with Crippen LogP contribution in [0.2, 0.25) is 5.02 Å². The van der Waals surface area contributed by atoms with Crippen molar-refractivity contribution in [2.45, 2.75) is 32.9 Å². The topological polar surface area (TPSA) is 48.0 Å². The third-order valence-electron chi connectivity index (χ3n) is 2.98. The van der Waals surface area contributed by atoms with Crippen LogP contribution in [0.15, 0.2) is 12.1 Å². The maximum Gasteiger partial charge on any atom is 0.410 e. The lowest BCUT2D eigenvalue weighted by Crippen LogP contribution is -2.37. The Labute approximate surface area is 129 Å². The van der Waals surface area contributed by atoms with E-state index in [9.17, 15) is 4.79 Å². The molecule has 0 bridgehead atoms. The van der Waals surface area contributed by atoms with E-state index in [-0.39, 0.29) is 6.09 Å². The molecule has 0 fully saturated rings. The Kier molecular flexibility index (Phi) is 4.52. The van der Waals surface area contributed by atoms with Gasteiger partial charge in [0.05, 0.1) is 20.2 Å². The molecule has 2 rings (SSSR count). The highest BCUT2D eigenvalue weighted by atomic mass is 35.5. The maximum atomic E-state index is 12.2. The number of carbonyl (C=O) groups is 1. The quantitative estimate of drug-likeness (QED) is 0.796. The lowest BCUT2D eigenvalue weighted by atomic mass is 10.2. The van der Waals surface area contributed by atoms with Gasteiger partial charge in [0.1, 0.15) is 28.7 Å². The highest BCUT2D eigenvalue weighted by Crippen LogP contribution is 2.38. The first kappa shape index (κ1) is 15.8. The molecule has 1 aromatic carbocycles. The number of methoxy groups -OCH3 is 1. The summed E-state index contributed by atoms with van der Waals surface area (Å²) in [6.07, 6.45) is -0.356. The van der Waals surface area contributed by atoms with Crippen LogP contribution in [0.25, 0.3) is 0 Å². The Bertz CT molecular complexity index is 539. The van der Waals surface area contributed by atoms with Gasteiger partial charge in [0.2, 0.25) is 0 Å². The summed E-state index contributed by atoms with van der Waals surface area (Å²) >= 11 is 6.25. The summed E-state index contributed by atoms with van der Waals surface area (Å²) in [5.74, 6) is 1.13. The smallest absolute Gasteiger partial charge is 0.410 e. The SMILES string of the molecule is COc1ccc2c(c1Cl)OCCN(C(=O)OC(C)(C)C)C2. The van der Waals surface area contributed by atoms with Crippen LogP contribution < -0.4 is 9.47 Å². The number of halogens is 1. The highest BCUT2D eigenvalue weighted by Gasteiger charge is 2.26. The molecule has 1 aromatic rings. The molecule has 1 heterocycles. The fourth-order valence-corrected chi connectivity index (χ4v) is 2.36. The molecule has 0 unspecified atom stereocenters. The molecule has 0 aromatic heterocycles. The van der Waals surface area contributed by atoms with E-state index >= 15 is 0 Å². The Balaban J connectivity index is 2.22. The summed E-state index contributed by atoms with van der Waals surface area (Å²) in [5.41, 5.74) is 0.314. The van der Waals surface area contributed by atoms with Crippen molar-refractivity contribution in [3.63, 3.8) is 0 Å². The van der Waals surface area contributed by atoms with Crippen molar-refractivity contribution in [1.29, 1.82) is 0 Å². The molecule has 0 N–H and O–H groups in total. The van der Waals surface area contributed by atoms with E-state index in [1.54, 1.807) is 18.1 Å². The summed E-state index contributed by atoms with van der Waals surface area (Å²) in [6, 6.07) is 3.62. The number of rotatable bonds is 1. The molecule has 5 nitrogen and oxygen atoms in total. The molecule has 6 heteroatoms. The van der Waals surface area contributed by atoms with Gasteiger partial charge in [-0.25, -0.2) is 4.79 Å². The Hall–Kier alpha value is -1.62. The second-order valence-corrected chi connectivity index (χ2v) is 6.20. The third kappa shape index (κ3) is 3.73. The first-order valence-corrected chi connectivity index (χ1v) is 7.15. The van der Waals surface area contributed by atoms with Gasteiger partial charge in [-0.2, -0.15) is 0 Å². The lowest BCUT2D eigenvalue weighted by molar-refractivity contribution is 0.0225. The third-order valence-corrected chi connectivity index (χ3v) is 3.34. The van der Waals surface area contributed by atoms with Crippen LogP contribution >= 0.6 is 11.6 Å². The zero-order valence-electron chi connectivity index (χ0n) is 12.7. The molecule has 0 spiro atoms. The predicted molar refractivity (Wildman–Crippen MR) is 80.1 cm³/mol.